The van der Waals surface area contributed by atoms with Crippen molar-refractivity contribution in [2.75, 3.05) is 5.32 Å². The second-order valence-electron chi connectivity index (χ2n) is 6.48. The number of fused-ring (bicyclic) bond motifs is 1. The standard InChI is InChI=1S/C18H19NO4S/c1-12-4-7-14(8-5-12)24(21,22)11-13-6-9-16-15(10-13)18(2,3)23-17(20)19-16/h4-10H,11H2,1-3H3,(H,19,20). The molecule has 0 saturated heterocycles. The molecule has 6 heteroatoms. The van der Waals surface area contributed by atoms with Crippen molar-refractivity contribution in [2.45, 2.75) is 37.0 Å². The molecule has 1 aliphatic heterocycles. The predicted molar refractivity (Wildman–Crippen MR) is 91.6 cm³/mol. The number of sulfone groups is 1. The number of aryl methyl sites for hydroxylation is 1. The summed E-state index contributed by atoms with van der Waals surface area (Å²) in [5.74, 6) is -0.104. The monoisotopic (exact) mass is 345 g/mol. The van der Waals surface area contributed by atoms with E-state index in [0.29, 0.717) is 16.1 Å². The van der Waals surface area contributed by atoms with E-state index in [9.17, 15) is 13.2 Å². The minimum absolute atomic E-state index is 0.104. The van der Waals surface area contributed by atoms with Crippen LogP contribution in [0.1, 0.15) is 30.5 Å². The largest absolute Gasteiger partial charge is 0.438 e. The summed E-state index contributed by atoms with van der Waals surface area (Å²) in [6.45, 7) is 5.47. The molecule has 2 aromatic rings. The van der Waals surface area contributed by atoms with Crippen LogP contribution in [0.5, 0.6) is 0 Å². The SMILES string of the molecule is Cc1ccc(S(=O)(=O)Cc2ccc3c(c2)C(C)(C)OC(=O)N3)cc1. The van der Waals surface area contributed by atoms with E-state index in [1.807, 2.05) is 6.92 Å². The highest BCUT2D eigenvalue weighted by molar-refractivity contribution is 7.90. The molecular weight excluding hydrogens is 326 g/mol. The summed E-state index contributed by atoms with van der Waals surface area (Å²) >= 11 is 0. The molecular formula is C18H19NO4S. The summed E-state index contributed by atoms with van der Waals surface area (Å²) in [6, 6.07) is 12.0. The van der Waals surface area contributed by atoms with E-state index in [4.69, 9.17) is 4.74 Å². The van der Waals surface area contributed by atoms with Crippen molar-refractivity contribution >= 4 is 21.6 Å². The molecule has 1 amide bonds. The van der Waals surface area contributed by atoms with Crippen molar-refractivity contribution in [3.8, 4) is 0 Å². The summed E-state index contributed by atoms with van der Waals surface area (Å²) < 4.78 is 30.5. The summed E-state index contributed by atoms with van der Waals surface area (Å²) in [6.07, 6.45) is -0.507. The molecule has 0 saturated carbocycles. The number of rotatable bonds is 3. The van der Waals surface area contributed by atoms with Crippen LogP contribution in [0.4, 0.5) is 10.5 Å². The highest BCUT2D eigenvalue weighted by Gasteiger charge is 2.33. The maximum atomic E-state index is 12.6. The van der Waals surface area contributed by atoms with Gasteiger partial charge in [-0.3, -0.25) is 5.32 Å². The molecule has 0 fully saturated rings. The highest BCUT2D eigenvalue weighted by Crippen LogP contribution is 2.36. The van der Waals surface area contributed by atoms with Gasteiger partial charge >= 0.3 is 6.09 Å². The van der Waals surface area contributed by atoms with Crippen LogP contribution in [0, 0.1) is 6.92 Å². The van der Waals surface area contributed by atoms with E-state index in [1.165, 1.54) is 0 Å². The molecule has 126 valence electrons. The Kier molecular flexibility index (Phi) is 3.87. The van der Waals surface area contributed by atoms with Gasteiger partial charge in [0.1, 0.15) is 5.60 Å². The van der Waals surface area contributed by atoms with E-state index < -0.39 is 21.5 Å². The normalized spacial score (nSPS) is 16.0. The molecule has 0 aromatic heterocycles. The van der Waals surface area contributed by atoms with E-state index in [2.05, 4.69) is 5.32 Å². The third-order valence-corrected chi connectivity index (χ3v) is 5.76. The van der Waals surface area contributed by atoms with Gasteiger partial charge in [-0.1, -0.05) is 23.8 Å². The predicted octanol–water partition coefficient (Wildman–Crippen LogP) is 3.77. The van der Waals surface area contributed by atoms with Gasteiger partial charge in [-0.05, 0) is 50.6 Å². The molecule has 0 aliphatic carbocycles. The summed E-state index contributed by atoms with van der Waals surface area (Å²) in [7, 11) is -3.43. The number of carbonyl (C=O) groups is 1. The number of anilines is 1. The van der Waals surface area contributed by atoms with Crippen LogP contribution < -0.4 is 5.32 Å². The number of benzene rings is 2. The van der Waals surface area contributed by atoms with Crippen LogP contribution in [0.2, 0.25) is 0 Å². The average molecular weight is 345 g/mol. The molecule has 5 nitrogen and oxygen atoms in total. The Labute approximate surface area is 141 Å². The lowest BCUT2D eigenvalue weighted by Crippen LogP contribution is -2.34. The smallest absolute Gasteiger partial charge is 0.412 e. The average Bonchev–Trinajstić information content (AvgIpc) is 2.47. The summed E-state index contributed by atoms with van der Waals surface area (Å²) in [4.78, 5) is 11.8. The molecule has 1 N–H and O–H groups in total. The van der Waals surface area contributed by atoms with Gasteiger partial charge in [0.15, 0.2) is 9.84 Å². The molecule has 3 rings (SSSR count). The molecule has 24 heavy (non-hydrogen) atoms. The quantitative estimate of drug-likeness (QED) is 0.919. The lowest BCUT2D eigenvalue weighted by Gasteiger charge is -2.32. The van der Waals surface area contributed by atoms with Gasteiger partial charge in [0.25, 0.3) is 0 Å². The molecule has 0 spiro atoms. The van der Waals surface area contributed by atoms with Crippen molar-refractivity contribution < 1.29 is 17.9 Å². The maximum Gasteiger partial charge on any atom is 0.412 e. The molecule has 0 radical (unpaired) electrons. The highest BCUT2D eigenvalue weighted by atomic mass is 32.2. The van der Waals surface area contributed by atoms with Gasteiger partial charge in [0.05, 0.1) is 16.3 Å². The first kappa shape index (κ1) is 16.5. The van der Waals surface area contributed by atoms with Crippen molar-refractivity contribution in [2.24, 2.45) is 0 Å². The fourth-order valence-electron chi connectivity index (χ4n) is 2.76. The van der Waals surface area contributed by atoms with E-state index in [0.717, 1.165) is 11.1 Å². The van der Waals surface area contributed by atoms with Gasteiger partial charge in [-0.25, -0.2) is 13.2 Å². The zero-order valence-corrected chi connectivity index (χ0v) is 14.6. The Morgan fingerprint density at radius 2 is 1.75 bits per heavy atom. The number of hydrogen-bond donors (Lipinski definition) is 1. The Morgan fingerprint density at radius 3 is 2.42 bits per heavy atom. The van der Waals surface area contributed by atoms with Gasteiger partial charge in [0.2, 0.25) is 0 Å². The van der Waals surface area contributed by atoms with Crippen LogP contribution in [0.25, 0.3) is 0 Å². The third kappa shape index (κ3) is 3.14. The Balaban J connectivity index is 1.94. The Morgan fingerprint density at radius 1 is 1.08 bits per heavy atom. The number of amides is 1. The second kappa shape index (κ2) is 5.63. The molecule has 1 aliphatic rings. The topological polar surface area (TPSA) is 72.5 Å². The Bertz CT molecular complexity index is 899. The van der Waals surface area contributed by atoms with Crippen molar-refractivity contribution in [1.82, 2.24) is 0 Å². The molecule has 1 heterocycles. The van der Waals surface area contributed by atoms with Crippen LogP contribution in [0.15, 0.2) is 47.4 Å². The third-order valence-electron chi connectivity index (χ3n) is 4.05. The van der Waals surface area contributed by atoms with Crippen LogP contribution in [-0.2, 0) is 25.9 Å². The number of nitrogens with one attached hydrogen (secondary N) is 1. The minimum atomic E-state index is -3.43. The number of hydrogen-bond acceptors (Lipinski definition) is 4. The van der Waals surface area contributed by atoms with E-state index in [-0.39, 0.29) is 5.75 Å². The number of cyclic esters (lactones) is 1. The lowest BCUT2D eigenvalue weighted by molar-refractivity contribution is 0.0420. The van der Waals surface area contributed by atoms with Crippen LogP contribution >= 0.6 is 0 Å². The van der Waals surface area contributed by atoms with Gasteiger partial charge < -0.3 is 4.74 Å². The van der Waals surface area contributed by atoms with Gasteiger partial charge in [-0.2, -0.15) is 0 Å². The maximum absolute atomic E-state index is 12.6. The number of ether oxygens (including phenoxy) is 1. The molecule has 2 aromatic carbocycles. The van der Waals surface area contributed by atoms with Crippen LogP contribution in [-0.4, -0.2) is 14.5 Å². The summed E-state index contributed by atoms with van der Waals surface area (Å²) in [5.41, 5.74) is 2.27. The summed E-state index contributed by atoms with van der Waals surface area (Å²) in [5, 5.41) is 2.63. The zero-order valence-electron chi connectivity index (χ0n) is 13.8. The van der Waals surface area contributed by atoms with E-state index in [1.54, 1.807) is 56.3 Å². The van der Waals surface area contributed by atoms with Gasteiger partial charge in [-0.15, -0.1) is 0 Å². The van der Waals surface area contributed by atoms with Crippen molar-refractivity contribution in [3.63, 3.8) is 0 Å². The lowest BCUT2D eigenvalue weighted by atomic mass is 9.93. The fourth-order valence-corrected chi connectivity index (χ4v) is 4.09. The molecule has 0 atom stereocenters. The van der Waals surface area contributed by atoms with Gasteiger partial charge in [0, 0.05) is 5.56 Å². The zero-order chi connectivity index (χ0) is 17.5. The first-order valence-corrected chi connectivity index (χ1v) is 9.25. The Hall–Kier alpha value is -2.34. The minimum Gasteiger partial charge on any atom is -0.438 e. The fraction of sp³-hybridized carbons (Fsp3) is 0.278. The first-order valence-electron chi connectivity index (χ1n) is 7.60. The molecule has 0 unspecified atom stereocenters. The van der Waals surface area contributed by atoms with E-state index >= 15 is 0 Å². The number of carbonyl (C=O) groups excluding carboxylic acids is 1. The molecule has 0 bridgehead atoms. The van der Waals surface area contributed by atoms with Crippen LogP contribution in [0.3, 0.4) is 0 Å². The van der Waals surface area contributed by atoms with Crippen molar-refractivity contribution in [1.29, 1.82) is 0 Å². The van der Waals surface area contributed by atoms with Crippen molar-refractivity contribution in [3.05, 3.63) is 59.2 Å². The first-order chi connectivity index (χ1) is 11.2. The second-order valence-corrected chi connectivity index (χ2v) is 8.47.